The molecule has 0 saturated heterocycles. The Morgan fingerprint density at radius 3 is 2.79 bits per heavy atom. The van der Waals surface area contributed by atoms with Crippen molar-refractivity contribution in [2.45, 2.75) is 32.1 Å². The van der Waals surface area contributed by atoms with Crippen LogP contribution >= 0.6 is 23.1 Å². The molecule has 0 bridgehead atoms. The maximum absolute atomic E-state index is 4.26. The Hall–Kier alpha value is -0.0600. The number of thiazole rings is 1. The molecular weight excluding hydrogens is 212 g/mol. The van der Waals surface area contributed by atoms with Gasteiger partial charge >= 0.3 is 0 Å². The van der Waals surface area contributed by atoms with Gasteiger partial charge in [0.05, 0.1) is 5.01 Å². The van der Waals surface area contributed by atoms with Gasteiger partial charge in [0.2, 0.25) is 0 Å². The number of hydrogen-bond acceptors (Lipinski definition) is 4. The molecule has 1 aromatic rings. The van der Waals surface area contributed by atoms with Crippen LogP contribution in [0.25, 0.3) is 0 Å². The van der Waals surface area contributed by atoms with Crippen LogP contribution in [0.2, 0.25) is 0 Å². The number of nitrogens with zero attached hydrogens (tertiary/aromatic N) is 1. The molecule has 80 valence electrons. The first-order valence-corrected chi connectivity index (χ1v) is 6.92. The van der Waals surface area contributed by atoms with Crippen molar-refractivity contribution in [2.24, 2.45) is 0 Å². The van der Waals surface area contributed by atoms with E-state index in [1.807, 2.05) is 24.9 Å². The average molecular weight is 230 g/mol. The predicted octanol–water partition coefficient (Wildman–Crippen LogP) is 2.85. The molecular formula is C10H18N2S2. The summed E-state index contributed by atoms with van der Waals surface area (Å²) in [6.07, 6.45) is 4.12. The van der Waals surface area contributed by atoms with E-state index in [1.54, 1.807) is 11.3 Å². The first kappa shape index (κ1) is 12.0. The number of thioether (sulfide) groups is 1. The number of rotatable bonds is 5. The average Bonchev–Trinajstić information content (AvgIpc) is 2.60. The van der Waals surface area contributed by atoms with Crippen LogP contribution in [-0.2, 0) is 0 Å². The minimum absolute atomic E-state index is 0.427. The Bertz CT molecular complexity index is 273. The minimum Gasteiger partial charge on any atom is -0.308 e. The molecule has 1 rings (SSSR count). The molecule has 0 aliphatic carbocycles. The predicted molar refractivity (Wildman–Crippen MR) is 66.2 cm³/mol. The number of aromatic nitrogens is 1. The highest BCUT2D eigenvalue weighted by atomic mass is 32.2. The van der Waals surface area contributed by atoms with Gasteiger partial charge in [-0.05, 0) is 20.1 Å². The van der Waals surface area contributed by atoms with Gasteiger partial charge in [-0.3, -0.25) is 0 Å². The van der Waals surface area contributed by atoms with Crippen molar-refractivity contribution in [1.29, 1.82) is 0 Å². The highest BCUT2D eigenvalue weighted by Gasteiger charge is 2.08. The first-order chi connectivity index (χ1) is 6.63. The zero-order valence-electron chi connectivity index (χ0n) is 9.20. The first-order valence-electron chi connectivity index (χ1n) is 4.82. The maximum atomic E-state index is 4.26. The summed E-state index contributed by atoms with van der Waals surface area (Å²) in [6, 6.07) is 0.427. The summed E-state index contributed by atoms with van der Waals surface area (Å²) < 4.78 is 0. The fraction of sp³-hybridized carbons (Fsp3) is 0.700. The Balaban J connectivity index is 2.39. The molecule has 14 heavy (non-hydrogen) atoms. The molecule has 1 N–H and O–H groups in total. The minimum atomic E-state index is 0.427. The maximum Gasteiger partial charge on any atom is 0.0897 e. The van der Waals surface area contributed by atoms with E-state index in [4.69, 9.17) is 0 Å². The quantitative estimate of drug-likeness (QED) is 0.842. The van der Waals surface area contributed by atoms with Crippen molar-refractivity contribution < 1.29 is 0 Å². The van der Waals surface area contributed by atoms with Gasteiger partial charge in [0, 0.05) is 28.9 Å². The third-order valence-corrected chi connectivity index (χ3v) is 4.25. The Kier molecular flexibility index (Phi) is 4.92. The normalized spacial score (nSPS) is 15.4. The summed E-state index contributed by atoms with van der Waals surface area (Å²) >= 11 is 3.67. The summed E-state index contributed by atoms with van der Waals surface area (Å²) in [4.78, 5) is 5.59. The number of aryl methyl sites for hydroxylation is 1. The smallest absolute Gasteiger partial charge is 0.0897 e. The Morgan fingerprint density at radius 2 is 2.29 bits per heavy atom. The van der Waals surface area contributed by atoms with E-state index >= 15 is 0 Å². The molecule has 2 atom stereocenters. The zero-order valence-corrected chi connectivity index (χ0v) is 10.8. The van der Waals surface area contributed by atoms with Crippen molar-refractivity contribution in [3.05, 3.63) is 16.1 Å². The molecule has 0 saturated carbocycles. The van der Waals surface area contributed by atoms with Crippen molar-refractivity contribution in [2.75, 3.05) is 12.8 Å². The van der Waals surface area contributed by atoms with Gasteiger partial charge in [-0.1, -0.05) is 6.92 Å². The summed E-state index contributed by atoms with van der Waals surface area (Å²) in [5.74, 6) is 0. The lowest BCUT2D eigenvalue weighted by atomic mass is 10.3. The fourth-order valence-electron chi connectivity index (χ4n) is 1.10. The van der Waals surface area contributed by atoms with Crippen molar-refractivity contribution in [3.63, 3.8) is 0 Å². The van der Waals surface area contributed by atoms with Gasteiger partial charge in [0.1, 0.15) is 0 Å². The van der Waals surface area contributed by atoms with Gasteiger partial charge in [0.15, 0.2) is 0 Å². The molecule has 4 heteroatoms. The summed E-state index contributed by atoms with van der Waals surface area (Å²) in [5, 5.41) is 5.33. The van der Waals surface area contributed by atoms with Crippen LogP contribution < -0.4 is 5.32 Å². The van der Waals surface area contributed by atoms with Crippen LogP contribution in [0.3, 0.4) is 0 Å². The molecule has 2 unspecified atom stereocenters. The van der Waals surface area contributed by atoms with E-state index in [0.717, 1.165) is 11.6 Å². The van der Waals surface area contributed by atoms with Gasteiger partial charge in [0.25, 0.3) is 0 Å². The highest BCUT2D eigenvalue weighted by molar-refractivity contribution is 7.99. The van der Waals surface area contributed by atoms with Gasteiger partial charge in [-0.2, -0.15) is 11.8 Å². The van der Waals surface area contributed by atoms with Crippen molar-refractivity contribution in [1.82, 2.24) is 10.3 Å². The monoisotopic (exact) mass is 230 g/mol. The SMILES string of the molecule is CSC(C)CNC(C)c1cnc(C)s1. The Labute approximate surface area is 94.5 Å². The zero-order chi connectivity index (χ0) is 10.6. The second-order valence-electron chi connectivity index (χ2n) is 3.46. The lowest BCUT2D eigenvalue weighted by molar-refractivity contribution is 0.583. The largest absolute Gasteiger partial charge is 0.308 e. The van der Waals surface area contributed by atoms with Crippen LogP contribution in [-0.4, -0.2) is 23.0 Å². The standard InChI is InChI=1S/C10H18N2S2/c1-7(13-4)5-11-8(2)10-6-12-9(3)14-10/h6-8,11H,5H2,1-4H3. The topological polar surface area (TPSA) is 24.9 Å². The molecule has 0 amide bonds. The molecule has 0 fully saturated rings. The van der Waals surface area contributed by atoms with Crippen LogP contribution in [0.1, 0.15) is 29.8 Å². The summed E-state index contributed by atoms with van der Waals surface area (Å²) in [7, 11) is 0. The second kappa shape index (κ2) is 5.73. The van der Waals surface area contributed by atoms with E-state index in [9.17, 15) is 0 Å². The fourth-order valence-corrected chi connectivity index (χ4v) is 2.18. The van der Waals surface area contributed by atoms with E-state index in [2.05, 4.69) is 30.4 Å². The van der Waals surface area contributed by atoms with Gasteiger partial charge in [-0.15, -0.1) is 11.3 Å². The van der Waals surface area contributed by atoms with Crippen LogP contribution in [0, 0.1) is 6.92 Å². The van der Waals surface area contributed by atoms with Crippen LogP contribution in [0.5, 0.6) is 0 Å². The van der Waals surface area contributed by atoms with E-state index in [0.29, 0.717) is 11.3 Å². The third-order valence-electron chi connectivity index (χ3n) is 2.18. The molecule has 2 nitrogen and oxygen atoms in total. The van der Waals surface area contributed by atoms with E-state index in [1.165, 1.54) is 4.88 Å². The lowest BCUT2D eigenvalue weighted by Crippen LogP contribution is -2.25. The van der Waals surface area contributed by atoms with E-state index < -0.39 is 0 Å². The third kappa shape index (κ3) is 3.59. The van der Waals surface area contributed by atoms with E-state index in [-0.39, 0.29) is 0 Å². The number of hydrogen-bond donors (Lipinski definition) is 1. The molecule has 1 aromatic heterocycles. The molecule has 0 aliphatic heterocycles. The van der Waals surface area contributed by atoms with Crippen LogP contribution in [0.15, 0.2) is 6.20 Å². The van der Waals surface area contributed by atoms with Gasteiger partial charge < -0.3 is 5.32 Å². The van der Waals surface area contributed by atoms with Crippen LogP contribution in [0.4, 0.5) is 0 Å². The lowest BCUT2D eigenvalue weighted by Gasteiger charge is -2.14. The van der Waals surface area contributed by atoms with Gasteiger partial charge in [-0.25, -0.2) is 4.98 Å². The molecule has 1 heterocycles. The molecule has 0 spiro atoms. The van der Waals surface area contributed by atoms with Crippen molar-refractivity contribution in [3.8, 4) is 0 Å². The Morgan fingerprint density at radius 1 is 1.57 bits per heavy atom. The second-order valence-corrected chi connectivity index (χ2v) is 6.00. The highest BCUT2D eigenvalue weighted by Crippen LogP contribution is 2.20. The number of nitrogens with one attached hydrogen (secondary N) is 1. The summed E-state index contributed by atoms with van der Waals surface area (Å²) in [6.45, 7) is 7.53. The molecule has 0 radical (unpaired) electrons. The molecule has 0 aliphatic rings. The molecule has 0 aromatic carbocycles. The van der Waals surface area contributed by atoms with Crippen molar-refractivity contribution >= 4 is 23.1 Å². The summed E-state index contributed by atoms with van der Waals surface area (Å²) in [5.41, 5.74) is 0.